The first kappa shape index (κ1) is 23.9. The van der Waals surface area contributed by atoms with Gasteiger partial charge in [-0.25, -0.2) is 0 Å². The fourth-order valence-electron chi connectivity index (χ4n) is 5.96. The average molecular weight is 488 g/mol. The van der Waals surface area contributed by atoms with Crippen LogP contribution in [0.4, 0.5) is 5.69 Å². The molecule has 2 heteroatoms. The first-order valence-electron chi connectivity index (χ1n) is 13.8. The van der Waals surface area contributed by atoms with Gasteiger partial charge in [-0.3, -0.25) is 0 Å². The van der Waals surface area contributed by atoms with Gasteiger partial charge in [-0.2, -0.15) is 0 Å². The number of ether oxygens (including phenoxy) is 1. The summed E-state index contributed by atoms with van der Waals surface area (Å²) in [5.74, 6) is 0.935. The van der Waals surface area contributed by atoms with Gasteiger partial charge in [0.25, 0.3) is 0 Å². The zero-order valence-corrected chi connectivity index (χ0v) is 22.6. The summed E-state index contributed by atoms with van der Waals surface area (Å²) >= 11 is 0. The van der Waals surface area contributed by atoms with Gasteiger partial charge in [0.15, 0.2) is 0 Å². The Balaban J connectivity index is 1.35. The maximum absolute atomic E-state index is 6.58. The van der Waals surface area contributed by atoms with E-state index in [1.807, 2.05) is 0 Å². The van der Waals surface area contributed by atoms with Gasteiger partial charge in [-0.15, -0.1) is 0 Å². The van der Waals surface area contributed by atoms with Gasteiger partial charge in [0.1, 0.15) is 11.9 Å². The fraction of sp³-hybridized carbons (Fsp3) is 0.314. The number of nitrogens with zero attached hydrogens (tertiary/aromatic N) is 1. The molecular weight excluding hydrogens is 450 g/mol. The maximum Gasteiger partial charge on any atom is 0.136 e. The zero-order chi connectivity index (χ0) is 25.5. The van der Waals surface area contributed by atoms with Crippen LogP contribution in [-0.4, -0.2) is 19.2 Å². The molecule has 0 spiro atoms. The lowest BCUT2D eigenvalue weighted by molar-refractivity contribution is 0.253. The fourth-order valence-corrected chi connectivity index (χ4v) is 5.96. The summed E-state index contributed by atoms with van der Waals surface area (Å²) in [6.45, 7) is 11.1. The molecule has 188 valence electrons. The van der Waals surface area contributed by atoms with Crippen LogP contribution in [0.2, 0.25) is 0 Å². The van der Waals surface area contributed by atoms with Gasteiger partial charge in [0.05, 0.1) is 0 Å². The molecule has 3 aromatic rings. The molecular formula is C35H37NO. The number of aryl methyl sites for hydroxylation is 6. The van der Waals surface area contributed by atoms with Crippen molar-refractivity contribution in [3.05, 3.63) is 117 Å². The van der Waals surface area contributed by atoms with Gasteiger partial charge in [-0.1, -0.05) is 36.4 Å². The lowest BCUT2D eigenvalue weighted by Gasteiger charge is -2.37. The van der Waals surface area contributed by atoms with Crippen molar-refractivity contribution < 1.29 is 4.74 Å². The molecule has 0 bridgehead atoms. The maximum atomic E-state index is 6.58. The van der Waals surface area contributed by atoms with Crippen LogP contribution in [0, 0.1) is 27.7 Å². The number of hydrogen-bond acceptors (Lipinski definition) is 2. The second kappa shape index (κ2) is 9.74. The molecule has 1 atom stereocenters. The molecule has 0 saturated heterocycles. The van der Waals surface area contributed by atoms with Crippen LogP contribution in [0.1, 0.15) is 62.9 Å². The summed E-state index contributed by atoms with van der Waals surface area (Å²) in [6.07, 6.45) is 13.7. The van der Waals surface area contributed by atoms with E-state index in [-0.39, 0.29) is 6.10 Å². The van der Waals surface area contributed by atoms with Crippen molar-refractivity contribution in [2.75, 3.05) is 18.0 Å². The molecule has 0 aromatic heterocycles. The first-order chi connectivity index (χ1) is 17.9. The smallest absolute Gasteiger partial charge is 0.136 e. The number of hydrogen-bond donors (Lipinski definition) is 0. The van der Waals surface area contributed by atoms with Crippen molar-refractivity contribution in [2.24, 2.45) is 0 Å². The van der Waals surface area contributed by atoms with Crippen LogP contribution >= 0.6 is 0 Å². The largest absolute Gasteiger partial charge is 0.482 e. The molecule has 0 radical (unpaired) electrons. The molecule has 0 saturated carbocycles. The van der Waals surface area contributed by atoms with E-state index in [4.69, 9.17) is 4.74 Å². The highest BCUT2D eigenvalue weighted by Gasteiger charge is 2.24. The third-order valence-corrected chi connectivity index (χ3v) is 8.36. The van der Waals surface area contributed by atoms with Crippen LogP contribution in [0.5, 0.6) is 0 Å². The minimum Gasteiger partial charge on any atom is -0.482 e. The Morgan fingerprint density at radius 2 is 1.38 bits per heavy atom. The quantitative estimate of drug-likeness (QED) is 0.368. The Bertz CT molecular complexity index is 1420. The molecule has 0 aliphatic carbocycles. The summed E-state index contributed by atoms with van der Waals surface area (Å²) in [6, 6.07) is 18.2. The van der Waals surface area contributed by atoms with Crippen LogP contribution in [0.3, 0.4) is 0 Å². The highest BCUT2D eigenvalue weighted by atomic mass is 16.5. The molecule has 2 nitrogen and oxygen atoms in total. The standard InChI is InChI=1S/C35H37NO/c1-23-9-12-28(17-25(23)3)32-21-33(37-34(22-32)29-13-10-24(2)26(4)18-29)14-11-27-19-30-7-5-15-36-16-6-8-31(20-27)35(30)36/h9-14,17-22,33H,5-8,15-16H2,1-4H3/b14-11+. The van der Waals surface area contributed by atoms with Crippen LogP contribution in [0.15, 0.2) is 66.8 Å². The average Bonchev–Trinajstić information content (AvgIpc) is 2.91. The molecule has 37 heavy (non-hydrogen) atoms. The molecule has 3 aliphatic heterocycles. The van der Waals surface area contributed by atoms with Crippen LogP contribution < -0.4 is 4.90 Å². The second-order valence-corrected chi connectivity index (χ2v) is 11.1. The Hall–Kier alpha value is -3.52. The van der Waals surface area contributed by atoms with Crippen molar-refractivity contribution >= 4 is 23.1 Å². The third kappa shape index (κ3) is 4.78. The number of anilines is 1. The number of benzene rings is 3. The van der Waals surface area contributed by atoms with E-state index < -0.39 is 0 Å². The van der Waals surface area contributed by atoms with Crippen molar-refractivity contribution in [3.63, 3.8) is 0 Å². The van der Waals surface area contributed by atoms with E-state index in [1.54, 1.807) is 0 Å². The molecule has 0 fully saturated rings. The van der Waals surface area contributed by atoms with E-state index >= 15 is 0 Å². The van der Waals surface area contributed by atoms with E-state index in [0.29, 0.717) is 0 Å². The Morgan fingerprint density at radius 1 is 0.757 bits per heavy atom. The predicted octanol–water partition coefficient (Wildman–Crippen LogP) is 8.16. The highest BCUT2D eigenvalue weighted by molar-refractivity contribution is 5.84. The van der Waals surface area contributed by atoms with Crippen molar-refractivity contribution in [1.29, 1.82) is 0 Å². The van der Waals surface area contributed by atoms with E-state index in [0.717, 1.165) is 11.3 Å². The van der Waals surface area contributed by atoms with E-state index in [9.17, 15) is 0 Å². The number of allylic oxidation sites excluding steroid dienone is 2. The second-order valence-electron chi connectivity index (χ2n) is 11.1. The van der Waals surface area contributed by atoms with Crippen molar-refractivity contribution in [1.82, 2.24) is 0 Å². The molecule has 1 unspecified atom stereocenters. The van der Waals surface area contributed by atoms with Gasteiger partial charge < -0.3 is 9.64 Å². The summed E-state index contributed by atoms with van der Waals surface area (Å²) in [7, 11) is 0. The Kier molecular flexibility index (Phi) is 6.28. The number of rotatable bonds is 4. The molecule has 3 aliphatic rings. The lowest BCUT2D eigenvalue weighted by Crippen LogP contribution is -2.34. The SMILES string of the molecule is Cc1ccc(C2=CC(/C=C/c3cc4c5c(c3)CCCN5CCC4)OC(c3ccc(C)c(C)c3)=C2)cc1C. The Labute approximate surface area is 222 Å². The highest BCUT2D eigenvalue weighted by Crippen LogP contribution is 2.37. The van der Waals surface area contributed by atoms with Crippen molar-refractivity contribution in [3.8, 4) is 0 Å². The summed E-state index contributed by atoms with van der Waals surface area (Å²) in [4.78, 5) is 2.61. The van der Waals surface area contributed by atoms with Gasteiger partial charge in [-0.05, 0) is 140 Å². The zero-order valence-electron chi connectivity index (χ0n) is 22.6. The summed E-state index contributed by atoms with van der Waals surface area (Å²) in [5, 5.41) is 0. The molecule has 6 rings (SSSR count). The third-order valence-electron chi connectivity index (χ3n) is 8.36. The van der Waals surface area contributed by atoms with Crippen LogP contribution in [0.25, 0.3) is 17.4 Å². The monoisotopic (exact) mass is 487 g/mol. The van der Waals surface area contributed by atoms with Crippen LogP contribution in [-0.2, 0) is 17.6 Å². The Morgan fingerprint density at radius 3 is 2.03 bits per heavy atom. The molecule has 3 aromatic carbocycles. The van der Waals surface area contributed by atoms with Crippen molar-refractivity contribution in [2.45, 2.75) is 59.5 Å². The molecule has 3 heterocycles. The van der Waals surface area contributed by atoms with Gasteiger partial charge >= 0.3 is 0 Å². The molecule has 0 N–H and O–H groups in total. The first-order valence-corrected chi connectivity index (χ1v) is 13.8. The van der Waals surface area contributed by atoms with E-state index in [1.165, 1.54) is 94.5 Å². The normalized spacial score (nSPS) is 18.8. The topological polar surface area (TPSA) is 12.5 Å². The minimum atomic E-state index is -0.123. The van der Waals surface area contributed by atoms with E-state index in [2.05, 4.69) is 105 Å². The molecule has 0 amide bonds. The predicted molar refractivity (Wildman–Crippen MR) is 157 cm³/mol. The minimum absolute atomic E-state index is 0.123. The lowest BCUT2D eigenvalue weighted by atomic mass is 9.90. The summed E-state index contributed by atoms with van der Waals surface area (Å²) in [5.41, 5.74) is 14.7. The van der Waals surface area contributed by atoms with Gasteiger partial charge in [0, 0.05) is 24.3 Å². The van der Waals surface area contributed by atoms with Gasteiger partial charge in [0.2, 0.25) is 0 Å². The summed E-state index contributed by atoms with van der Waals surface area (Å²) < 4.78 is 6.58.